The van der Waals surface area contributed by atoms with E-state index in [1.54, 1.807) is 0 Å². The lowest BCUT2D eigenvalue weighted by atomic mass is 9.93. The second kappa shape index (κ2) is 7.10. The van der Waals surface area contributed by atoms with Gasteiger partial charge in [0.25, 0.3) is 0 Å². The lowest BCUT2D eigenvalue weighted by Gasteiger charge is -2.34. The van der Waals surface area contributed by atoms with Crippen molar-refractivity contribution >= 4 is 6.03 Å². The highest BCUT2D eigenvalue weighted by Gasteiger charge is 2.26. The van der Waals surface area contributed by atoms with Crippen molar-refractivity contribution in [1.29, 1.82) is 0 Å². The molecule has 1 heterocycles. The van der Waals surface area contributed by atoms with Gasteiger partial charge in [-0.1, -0.05) is 0 Å². The first-order valence-corrected chi connectivity index (χ1v) is 7.54. The maximum Gasteiger partial charge on any atom is 0.317 e. The highest BCUT2D eigenvalue weighted by Crippen LogP contribution is 2.19. The Morgan fingerprint density at radius 1 is 1.21 bits per heavy atom. The molecule has 1 saturated heterocycles. The predicted octanol–water partition coefficient (Wildman–Crippen LogP) is 1.50. The van der Waals surface area contributed by atoms with Crippen LogP contribution in [0.4, 0.5) is 4.79 Å². The van der Waals surface area contributed by atoms with Crippen LogP contribution in [-0.2, 0) is 4.74 Å². The van der Waals surface area contributed by atoms with E-state index in [4.69, 9.17) is 4.74 Å². The Kier molecular flexibility index (Phi) is 5.45. The van der Waals surface area contributed by atoms with Crippen LogP contribution in [-0.4, -0.2) is 54.0 Å². The van der Waals surface area contributed by atoms with Gasteiger partial charge < -0.3 is 20.1 Å². The van der Waals surface area contributed by atoms with Crippen molar-refractivity contribution in [2.24, 2.45) is 0 Å². The maximum atomic E-state index is 12.1. The SMILES string of the molecule is CCOC1CCN(C(=O)NC2CCC(O)CC2)CC1. The molecule has 5 nitrogen and oxygen atoms in total. The van der Waals surface area contributed by atoms with E-state index in [2.05, 4.69) is 5.32 Å². The van der Waals surface area contributed by atoms with E-state index in [1.807, 2.05) is 11.8 Å². The van der Waals surface area contributed by atoms with Crippen molar-refractivity contribution in [3.05, 3.63) is 0 Å². The number of aliphatic hydroxyl groups is 1. The van der Waals surface area contributed by atoms with Crippen molar-refractivity contribution < 1.29 is 14.6 Å². The van der Waals surface area contributed by atoms with Gasteiger partial charge in [-0.2, -0.15) is 0 Å². The molecule has 0 aromatic carbocycles. The summed E-state index contributed by atoms with van der Waals surface area (Å²) < 4.78 is 5.59. The van der Waals surface area contributed by atoms with Crippen LogP contribution in [0, 0.1) is 0 Å². The smallest absolute Gasteiger partial charge is 0.317 e. The van der Waals surface area contributed by atoms with Gasteiger partial charge in [-0.15, -0.1) is 0 Å². The van der Waals surface area contributed by atoms with Crippen LogP contribution < -0.4 is 5.32 Å². The third kappa shape index (κ3) is 4.35. The third-order valence-electron chi connectivity index (χ3n) is 4.16. The number of hydrogen-bond donors (Lipinski definition) is 2. The highest BCUT2D eigenvalue weighted by molar-refractivity contribution is 5.74. The Hall–Kier alpha value is -0.810. The van der Waals surface area contributed by atoms with Crippen molar-refractivity contribution in [2.75, 3.05) is 19.7 Å². The summed E-state index contributed by atoms with van der Waals surface area (Å²) in [5, 5.41) is 12.5. The molecule has 0 atom stereocenters. The van der Waals surface area contributed by atoms with Crippen LogP contribution in [0.25, 0.3) is 0 Å². The molecule has 1 saturated carbocycles. The second-order valence-electron chi connectivity index (χ2n) is 5.60. The molecular weight excluding hydrogens is 244 g/mol. The number of nitrogens with zero attached hydrogens (tertiary/aromatic N) is 1. The number of amides is 2. The summed E-state index contributed by atoms with van der Waals surface area (Å²) in [6.07, 6.45) is 5.41. The lowest BCUT2D eigenvalue weighted by molar-refractivity contribution is 0.0214. The van der Waals surface area contributed by atoms with E-state index >= 15 is 0 Å². The Morgan fingerprint density at radius 2 is 1.84 bits per heavy atom. The molecule has 110 valence electrons. The summed E-state index contributed by atoms with van der Waals surface area (Å²) in [6.45, 7) is 4.33. The number of carbonyl (C=O) groups excluding carboxylic acids is 1. The molecule has 1 aliphatic carbocycles. The fraction of sp³-hybridized carbons (Fsp3) is 0.929. The van der Waals surface area contributed by atoms with Crippen molar-refractivity contribution in [2.45, 2.75) is 63.7 Å². The van der Waals surface area contributed by atoms with Gasteiger partial charge in [0, 0.05) is 25.7 Å². The van der Waals surface area contributed by atoms with Gasteiger partial charge in [-0.05, 0) is 45.4 Å². The molecule has 0 bridgehead atoms. The van der Waals surface area contributed by atoms with Gasteiger partial charge in [0.2, 0.25) is 0 Å². The zero-order valence-corrected chi connectivity index (χ0v) is 11.8. The van der Waals surface area contributed by atoms with Crippen molar-refractivity contribution in [1.82, 2.24) is 10.2 Å². The Bertz CT molecular complexity index is 282. The van der Waals surface area contributed by atoms with Gasteiger partial charge in [-0.25, -0.2) is 4.79 Å². The average Bonchev–Trinajstić information content (AvgIpc) is 2.42. The molecule has 2 rings (SSSR count). The fourth-order valence-electron chi connectivity index (χ4n) is 2.95. The van der Waals surface area contributed by atoms with E-state index in [-0.39, 0.29) is 18.2 Å². The Balaban J connectivity index is 1.69. The summed E-state index contributed by atoms with van der Waals surface area (Å²) in [4.78, 5) is 14.0. The van der Waals surface area contributed by atoms with Crippen LogP contribution in [0.15, 0.2) is 0 Å². The molecule has 0 unspecified atom stereocenters. The standard InChI is InChI=1S/C14H26N2O3/c1-2-19-13-7-9-16(10-8-13)14(18)15-11-3-5-12(17)6-4-11/h11-13,17H,2-10H2,1H3,(H,15,18). The number of hydrogen-bond acceptors (Lipinski definition) is 3. The van der Waals surface area contributed by atoms with E-state index < -0.39 is 0 Å². The summed E-state index contributed by atoms with van der Waals surface area (Å²) in [7, 11) is 0. The minimum absolute atomic E-state index is 0.0522. The molecule has 1 aliphatic heterocycles. The van der Waals surface area contributed by atoms with Gasteiger partial charge in [0.05, 0.1) is 12.2 Å². The van der Waals surface area contributed by atoms with E-state index in [9.17, 15) is 9.90 Å². The van der Waals surface area contributed by atoms with Gasteiger partial charge in [0.15, 0.2) is 0 Å². The second-order valence-corrected chi connectivity index (χ2v) is 5.60. The molecule has 0 spiro atoms. The molecule has 19 heavy (non-hydrogen) atoms. The lowest BCUT2D eigenvalue weighted by Crippen LogP contribution is -2.49. The third-order valence-corrected chi connectivity index (χ3v) is 4.16. The predicted molar refractivity (Wildman–Crippen MR) is 73.0 cm³/mol. The molecule has 0 radical (unpaired) electrons. The number of rotatable bonds is 3. The monoisotopic (exact) mass is 270 g/mol. The number of likely N-dealkylation sites (tertiary alicyclic amines) is 1. The minimum atomic E-state index is -0.171. The van der Waals surface area contributed by atoms with Crippen LogP contribution in [0.5, 0.6) is 0 Å². The summed E-state index contributed by atoms with van der Waals surface area (Å²) in [6, 6.07) is 0.289. The number of carbonyl (C=O) groups is 1. The zero-order chi connectivity index (χ0) is 13.7. The molecule has 5 heteroatoms. The topological polar surface area (TPSA) is 61.8 Å². The summed E-state index contributed by atoms with van der Waals surface area (Å²) in [5.41, 5.74) is 0. The van der Waals surface area contributed by atoms with E-state index in [0.29, 0.717) is 6.10 Å². The van der Waals surface area contributed by atoms with Crippen molar-refractivity contribution in [3.8, 4) is 0 Å². The quantitative estimate of drug-likeness (QED) is 0.817. The van der Waals surface area contributed by atoms with Crippen LogP contribution in [0.1, 0.15) is 45.4 Å². The summed E-state index contributed by atoms with van der Waals surface area (Å²) in [5.74, 6) is 0. The molecule has 0 aromatic heterocycles. The first-order chi connectivity index (χ1) is 9.19. The van der Waals surface area contributed by atoms with Crippen molar-refractivity contribution in [3.63, 3.8) is 0 Å². The normalized spacial score (nSPS) is 29.3. The van der Waals surface area contributed by atoms with Crippen LogP contribution >= 0.6 is 0 Å². The molecular formula is C14H26N2O3. The van der Waals surface area contributed by atoms with E-state index in [1.165, 1.54) is 0 Å². The Labute approximate surface area is 115 Å². The maximum absolute atomic E-state index is 12.1. The van der Waals surface area contributed by atoms with Gasteiger partial charge in [0.1, 0.15) is 0 Å². The highest BCUT2D eigenvalue weighted by atomic mass is 16.5. The van der Waals surface area contributed by atoms with Gasteiger partial charge in [-0.3, -0.25) is 0 Å². The van der Waals surface area contributed by atoms with Crippen LogP contribution in [0.3, 0.4) is 0 Å². The molecule has 0 aromatic rings. The number of piperidine rings is 1. The minimum Gasteiger partial charge on any atom is -0.393 e. The number of aliphatic hydroxyl groups excluding tert-OH is 1. The van der Waals surface area contributed by atoms with E-state index in [0.717, 1.165) is 58.2 Å². The summed E-state index contributed by atoms with van der Waals surface area (Å²) >= 11 is 0. The first-order valence-electron chi connectivity index (χ1n) is 7.54. The fourth-order valence-corrected chi connectivity index (χ4v) is 2.95. The molecule has 2 aliphatic rings. The molecule has 2 fully saturated rings. The largest absolute Gasteiger partial charge is 0.393 e. The number of nitrogens with one attached hydrogen (secondary N) is 1. The van der Waals surface area contributed by atoms with Crippen LogP contribution in [0.2, 0.25) is 0 Å². The average molecular weight is 270 g/mol. The van der Waals surface area contributed by atoms with Gasteiger partial charge >= 0.3 is 6.03 Å². The number of ether oxygens (including phenoxy) is 1. The zero-order valence-electron chi connectivity index (χ0n) is 11.8. The Morgan fingerprint density at radius 3 is 2.42 bits per heavy atom. The number of urea groups is 1. The molecule has 2 N–H and O–H groups in total. The molecule has 2 amide bonds. The first kappa shape index (κ1) is 14.6.